The highest BCUT2D eigenvalue weighted by Crippen LogP contribution is 2.32. The number of hydrogen-bond acceptors (Lipinski definition) is 3. The first kappa shape index (κ1) is 16.3. The second-order valence-electron chi connectivity index (χ2n) is 6.21. The van der Waals surface area contributed by atoms with Gasteiger partial charge in [0.25, 0.3) is 0 Å². The summed E-state index contributed by atoms with van der Waals surface area (Å²) in [6.45, 7) is 5.19. The largest absolute Gasteiger partial charge is 0.476 e. The van der Waals surface area contributed by atoms with E-state index in [1.807, 2.05) is 26.0 Å². The van der Waals surface area contributed by atoms with E-state index in [4.69, 9.17) is 4.74 Å². The van der Waals surface area contributed by atoms with E-state index in [1.54, 1.807) is 0 Å². The fourth-order valence-electron chi connectivity index (χ4n) is 3.26. The quantitative estimate of drug-likeness (QED) is 0.520. The average Bonchev–Trinajstić information content (AvgIpc) is 3.02. The Morgan fingerprint density at radius 2 is 1.62 bits per heavy atom. The number of aryl methyl sites for hydroxylation is 1. The zero-order valence-corrected chi connectivity index (χ0v) is 15.0. The van der Waals surface area contributed by atoms with Gasteiger partial charge < -0.3 is 9.30 Å². The first-order chi connectivity index (χ1) is 12.8. The van der Waals surface area contributed by atoms with E-state index in [-0.39, 0.29) is 0 Å². The van der Waals surface area contributed by atoms with Gasteiger partial charge in [-0.1, -0.05) is 60.7 Å². The molecule has 0 spiro atoms. The molecule has 4 heteroatoms. The molecule has 4 rings (SSSR count). The molecule has 0 saturated heterocycles. The third-order valence-electron chi connectivity index (χ3n) is 4.36. The fraction of sp³-hybridized carbons (Fsp3) is 0.182. The van der Waals surface area contributed by atoms with E-state index >= 15 is 0 Å². The first-order valence-electron chi connectivity index (χ1n) is 8.86. The predicted octanol–water partition coefficient (Wildman–Crippen LogP) is 4.85. The van der Waals surface area contributed by atoms with Crippen molar-refractivity contribution in [1.82, 2.24) is 14.5 Å². The van der Waals surface area contributed by atoms with Crippen molar-refractivity contribution in [3.8, 4) is 17.1 Å². The second kappa shape index (κ2) is 7.00. The second-order valence-corrected chi connectivity index (χ2v) is 6.21. The van der Waals surface area contributed by atoms with Gasteiger partial charge in [0, 0.05) is 6.54 Å². The Bertz CT molecular complexity index is 1020. The minimum atomic E-state index is 0.572. The van der Waals surface area contributed by atoms with Gasteiger partial charge in [0.05, 0.1) is 17.8 Å². The monoisotopic (exact) mass is 343 g/mol. The van der Waals surface area contributed by atoms with Gasteiger partial charge in [-0.25, -0.2) is 4.98 Å². The van der Waals surface area contributed by atoms with Gasteiger partial charge in [-0.05, 0) is 31.0 Å². The van der Waals surface area contributed by atoms with Crippen LogP contribution in [0.25, 0.3) is 22.3 Å². The Hall–Kier alpha value is -3.14. The maximum Gasteiger partial charge on any atom is 0.242 e. The van der Waals surface area contributed by atoms with Gasteiger partial charge in [-0.3, -0.25) is 0 Å². The average molecular weight is 343 g/mol. The van der Waals surface area contributed by atoms with Crippen LogP contribution in [0.5, 0.6) is 5.88 Å². The summed E-state index contributed by atoms with van der Waals surface area (Å²) < 4.78 is 8.11. The molecule has 2 aromatic heterocycles. The Morgan fingerprint density at radius 1 is 0.923 bits per heavy atom. The Morgan fingerprint density at radius 3 is 2.31 bits per heavy atom. The Balaban J connectivity index is 1.97. The van der Waals surface area contributed by atoms with E-state index in [0.717, 1.165) is 34.7 Å². The standard InChI is InChI=1S/C22H21N3O/c1-3-26-22-21-19(23-16(2)24-22)14-20(18-12-8-5-9-13-18)25(21)15-17-10-6-4-7-11-17/h4-14H,3,15H2,1-2H3. The smallest absolute Gasteiger partial charge is 0.242 e. The Kier molecular flexibility index (Phi) is 4.40. The molecule has 4 nitrogen and oxygen atoms in total. The molecule has 130 valence electrons. The van der Waals surface area contributed by atoms with E-state index in [1.165, 1.54) is 5.56 Å². The van der Waals surface area contributed by atoms with Crippen LogP contribution in [0.15, 0.2) is 66.7 Å². The van der Waals surface area contributed by atoms with Crippen molar-refractivity contribution in [2.24, 2.45) is 0 Å². The number of aromatic nitrogens is 3. The fourth-order valence-corrected chi connectivity index (χ4v) is 3.26. The number of rotatable bonds is 5. The molecule has 0 aliphatic carbocycles. The molecule has 2 aromatic carbocycles. The number of fused-ring (bicyclic) bond motifs is 1. The lowest BCUT2D eigenvalue weighted by Crippen LogP contribution is -2.05. The molecule has 0 atom stereocenters. The van der Waals surface area contributed by atoms with Crippen LogP contribution in [0.3, 0.4) is 0 Å². The van der Waals surface area contributed by atoms with E-state index in [2.05, 4.69) is 69.1 Å². The number of benzene rings is 2. The van der Waals surface area contributed by atoms with Crippen LogP contribution in [-0.4, -0.2) is 21.1 Å². The summed E-state index contributed by atoms with van der Waals surface area (Å²) >= 11 is 0. The molecule has 0 fully saturated rings. The molecule has 0 radical (unpaired) electrons. The van der Waals surface area contributed by atoms with Gasteiger partial charge in [0.2, 0.25) is 5.88 Å². The summed E-state index contributed by atoms with van der Waals surface area (Å²) in [6, 6.07) is 22.9. The maximum atomic E-state index is 5.86. The minimum absolute atomic E-state index is 0.572. The predicted molar refractivity (Wildman–Crippen MR) is 104 cm³/mol. The van der Waals surface area contributed by atoms with Crippen molar-refractivity contribution >= 4 is 11.0 Å². The van der Waals surface area contributed by atoms with E-state index in [0.29, 0.717) is 12.5 Å². The van der Waals surface area contributed by atoms with Gasteiger partial charge in [0.15, 0.2) is 0 Å². The van der Waals surface area contributed by atoms with Crippen LogP contribution in [0.4, 0.5) is 0 Å². The Labute approximate surface area is 153 Å². The molecule has 0 bridgehead atoms. The van der Waals surface area contributed by atoms with Crippen molar-refractivity contribution < 1.29 is 4.74 Å². The van der Waals surface area contributed by atoms with Crippen LogP contribution in [-0.2, 0) is 6.54 Å². The third kappa shape index (κ3) is 3.06. The highest BCUT2D eigenvalue weighted by molar-refractivity contribution is 5.87. The lowest BCUT2D eigenvalue weighted by atomic mass is 10.1. The highest BCUT2D eigenvalue weighted by atomic mass is 16.5. The summed E-state index contributed by atoms with van der Waals surface area (Å²) in [7, 11) is 0. The highest BCUT2D eigenvalue weighted by Gasteiger charge is 2.18. The lowest BCUT2D eigenvalue weighted by molar-refractivity contribution is 0.328. The number of nitrogens with zero attached hydrogens (tertiary/aromatic N) is 3. The van der Waals surface area contributed by atoms with Crippen molar-refractivity contribution in [3.63, 3.8) is 0 Å². The molecule has 0 amide bonds. The molecular weight excluding hydrogens is 322 g/mol. The lowest BCUT2D eigenvalue weighted by Gasteiger charge is -2.13. The first-order valence-corrected chi connectivity index (χ1v) is 8.86. The molecular formula is C22H21N3O. The summed E-state index contributed by atoms with van der Waals surface area (Å²) in [5, 5.41) is 0. The number of ether oxygens (including phenoxy) is 1. The molecule has 4 aromatic rings. The molecule has 0 unspecified atom stereocenters. The van der Waals surface area contributed by atoms with Gasteiger partial charge >= 0.3 is 0 Å². The van der Waals surface area contributed by atoms with E-state index < -0.39 is 0 Å². The molecule has 0 N–H and O–H groups in total. The minimum Gasteiger partial charge on any atom is -0.476 e. The molecule has 26 heavy (non-hydrogen) atoms. The molecule has 2 heterocycles. The van der Waals surface area contributed by atoms with Gasteiger partial charge in [-0.2, -0.15) is 4.98 Å². The van der Waals surface area contributed by atoms with Crippen LogP contribution < -0.4 is 4.74 Å². The van der Waals surface area contributed by atoms with Crippen molar-refractivity contribution in [2.75, 3.05) is 6.61 Å². The topological polar surface area (TPSA) is 39.9 Å². The zero-order chi connectivity index (χ0) is 17.9. The number of hydrogen-bond donors (Lipinski definition) is 0. The van der Waals surface area contributed by atoms with E-state index in [9.17, 15) is 0 Å². The summed E-state index contributed by atoms with van der Waals surface area (Å²) in [5.41, 5.74) is 5.35. The zero-order valence-electron chi connectivity index (χ0n) is 15.0. The van der Waals surface area contributed by atoms with Crippen molar-refractivity contribution in [2.45, 2.75) is 20.4 Å². The molecule has 0 aliphatic rings. The van der Waals surface area contributed by atoms with Gasteiger partial charge in [-0.15, -0.1) is 0 Å². The normalized spacial score (nSPS) is 11.0. The SMILES string of the molecule is CCOc1nc(C)nc2cc(-c3ccccc3)n(Cc3ccccc3)c12. The summed E-state index contributed by atoms with van der Waals surface area (Å²) in [5.74, 6) is 1.37. The van der Waals surface area contributed by atoms with Gasteiger partial charge in [0.1, 0.15) is 11.3 Å². The van der Waals surface area contributed by atoms with Crippen molar-refractivity contribution in [3.05, 3.63) is 78.1 Å². The molecule has 0 aliphatic heterocycles. The van der Waals surface area contributed by atoms with Crippen molar-refractivity contribution in [1.29, 1.82) is 0 Å². The third-order valence-corrected chi connectivity index (χ3v) is 4.36. The summed E-state index contributed by atoms with van der Waals surface area (Å²) in [4.78, 5) is 9.20. The molecule has 0 saturated carbocycles. The maximum absolute atomic E-state index is 5.86. The summed E-state index contributed by atoms with van der Waals surface area (Å²) in [6.07, 6.45) is 0. The van der Waals surface area contributed by atoms with Crippen LogP contribution in [0, 0.1) is 6.92 Å². The van der Waals surface area contributed by atoms with Crippen LogP contribution in [0.2, 0.25) is 0 Å². The van der Waals surface area contributed by atoms with Crippen LogP contribution >= 0.6 is 0 Å². The van der Waals surface area contributed by atoms with Crippen LogP contribution in [0.1, 0.15) is 18.3 Å².